The van der Waals surface area contributed by atoms with Gasteiger partial charge in [0, 0.05) is 30.0 Å². The van der Waals surface area contributed by atoms with Crippen LogP contribution in [0, 0.1) is 0 Å². The first-order chi connectivity index (χ1) is 17.6. The number of para-hydroxylation sites is 1. The van der Waals surface area contributed by atoms with Crippen LogP contribution >= 0.6 is 0 Å². The number of Topliss-reactive ketones (excluding diaryl/α,β-unsaturated/α-hetero) is 1. The second-order valence-corrected chi connectivity index (χ2v) is 10.7. The number of carbonyl (C=O) groups excluding carboxylic acids is 1. The highest BCUT2D eigenvalue weighted by atomic mass is 32.2. The molecule has 1 saturated heterocycles. The standard InChI is InChI=1S/C26H22F3N3O4S/c27-26(28,29)20-9-7-17(8-10-20)19-14-21(31-30-16-19)11-12-23(33)22-5-3-13-32(22)37(34,35)25-15-18-4-1-2-6-24(18)36-25/h1-2,4,6-10,14-16,22H,3,5,11-13H2. The highest BCUT2D eigenvalue weighted by molar-refractivity contribution is 7.89. The summed E-state index contributed by atoms with van der Waals surface area (Å²) in [7, 11) is -4.00. The van der Waals surface area contributed by atoms with E-state index in [9.17, 15) is 26.4 Å². The molecule has 2 aromatic heterocycles. The molecule has 0 spiro atoms. The van der Waals surface area contributed by atoms with E-state index < -0.39 is 27.8 Å². The lowest BCUT2D eigenvalue weighted by Gasteiger charge is -2.21. The van der Waals surface area contributed by atoms with E-state index >= 15 is 0 Å². The van der Waals surface area contributed by atoms with Gasteiger partial charge in [-0.1, -0.05) is 30.3 Å². The number of fused-ring (bicyclic) bond motifs is 1. The molecule has 1 fully saturated rings. The van der Waals surface area contributed by atoms with Crippen molar-refractivity contribution in [1.29, 1.82) is 0 Å². The number of rotatable bonds is 7. The highest BCUT2D eigenvalue weighted by Crippen LogP contribution is 2.32. The molecular weight excluding hydrogens is 507 g/mol. The van der Waals surface area contributed by atoms with E-state index in [4.69, 9.17) is 4.42 Å². The lowest BCUT2D eigenvalue weighted by Crippen LogP contribution is -2.40. The summed E-state index contributed by atoms with van der Waals surface area (Å²) < 4.78 is 71.8. The average Bonchev–Trinajstić information content (AvgIpc) is 3.55. The van der Waals surface area contributed by atoms with Crippen molar-refractivity contribution in [3.8, 4) is 11.1 Å². The number of carbonyl (C=O) groups is 1. The van der Waals surface area contributed by atoms with Gasteiger partial charge < -0.3 is 4.42 Å². The van der Waals surface area contributed by atoms with Crippen molar-refractivity contribution >= 4 is 26.8 Å². The molecule has 5 rings (SSSR count). The minimum absolute atomic E-state index is 0.0436. The minimum atomic E-state index is -4.42. The van der Waals surface area contributed by atoms with Crippen molar-refractivity contribution in [1.82, 2.24) is 14.5 Å². The molecule has 37 heavy (non-hydrogen) atoms. The number of sulfonamides is 1. The Labute approximate surface area is 211 Å². The monoisotopic (exact) mass is 529 g/mol. The van der Waals surface area contributed by atoms with Gasteiger partial charge in [0.15, 0.2) is 5.78 Å². The predicted molar refractivity (Wildman–Crippen MR) is 129 cm³/mol. The number of ketones is 1. The van der Waals surface area contributed by atoms with Crippen LogP contribution in [-0.4, -0.2) is 41.3 Å². The van der Waals surface area contributed by atoms with Gasteiger partial charge in [0.25, 0.3) is 10.0 Å². The van der Waals surface area contributed by atoms with Crippen LogP contribution in [0.3, 0.4) is 0 Å². The number of hydrogen-bond donors (Lipinski definition) is 0. The second-order valence-electron chi connectivity index (χ2n) is 8.85. The number of aryl methyl sites for hydroxylation is 1. The largest absolute Gasteiger partial charge is 0.443 e. The summed E-state index contributed by atoms with van der Waals surface area (Å²) >= 11 is 0. The van der Waals surface area contributed by atoms with E-state index in [2.05, 4.69) is 10.2 Å². The van der Waals surface area contributed by atoms with Crippen molar-refractivity contribution in [3.63, 3.8) is 0 Å². The Morgan fingerprint density at radius 3 is 2.54 bits per heavy atom. The number of hydrogen-bond acceptors (Lipinski definition) is 6. The van der Waals surface area contributed by atoms with Crippen LogP contribution in [0.25, 0.3) is 22.1 Å². The minimum Gasteiger partial charge on any atom is -0.443 e. The van der Waals surface area contributed by atoms with E-state index in [1.54, 1.807) is 30.3 Å². The molecule has 2 aromatic carbocycles. The van der Waals surface area contributed by atoms with E-state index in [-0.39, 0.29) is 30.3 Å². The molecule has 0 amide bonds. The zero-order valence-corrected chi connectivity index (χ0v) is 20.3. The molecule has 1 unspecified atom stereocenters. The van der Waals surface area contributed by atoms with Crippen LogP contribution in [-0.2, 0) is 27.4 Å². The predicted octanol–water partition coefficient (Wildman–Crippen LogP) is 5.26. The maximum atomic E-state index is 13.3. The number of aromatic nitrogens is 2. The maximum absolute atomic E-state index is 13.3. The lowest BCUT2D eigenvalue weighted by atomic mass is 10.0. The van der Waals surface area contributed by atoms with Gasteiger partial charge in [-0.2, -0.15) is 27.7 Å². The van der Waals surface area contributed by atoms with Gasteiger partial charge in [0.2, 0.25) is 5.09 Å². The van der Waals surface area contributed by atoms with Gasteiger partial charge in [-0.25, -0.2) is 8.42 Å². The van der Waals surface area contributed by atoms with E-state index in [0.29, 0.717) is 40.6 Å². The molecule has 0 saturated carbocycles. The fourth-order valence-electron chi connectivity index (χ4n) is 4.51. The van der Waals surface area contributed by atoms with Gasteiger partial charge >= 0.3 is 6.18 Å². The van der Waals surface area contributed by atoms with Crippen LogP contribution in [0.2, 0.25) is 0 Å². The molecule has 0 radical (unpaired) electrons. The van der Waals surface area contributed by atoms with Crippen LogP contribution in [0.5, 0.6) is 0 Å². The molecule has 11 heteroatoms. The van der Waals surface area contributed by atoms with Gasteiger partial charge in [-0.15, -0.1) is 0 Å². The summed E-state index contributed by atoms with van der Waals surface area (Å²) in [5.74, 6) is -0.237. The summed E-state index contributed by atoms with van der Waals surface area (Å²) in [6.07, 6.45) is -1.76. The van der Waals surface area contributed by atoms with Gasteiger partial charge in [-0.3, -0.25) is 4.79 Å². The van der Waals surface area contributed by atoms with Crippen LogP contribution in [0.1, 0.15) is 30.5 Å². The first-order valence-electron chi connectivity index (χ1n) is 11.7. The fourth-order valence-corrected chi connectivity index (χ4v) is 6.14. The van der Waals surface area contributed by atoms with Crippen molar-refractivity contribution in [2.75, 3.05) is 6.54 Å². The van der Waals surface area contributed by atoms with Crippen LogP contribution < -0.4 is 0 Å². The topological polar surface area (TPSA) is 93.4 Å². The first-order valence-corrected chi connectivity index (χ1v) is 13.1. The Morgan fingerprint density at radius 1 is 1.05 bits per heavy atom. The second kappa shape index (κ2) is 9.71. The third-order valence-electron chi connectivity index (χ3n) is 6.42. The quantitative estimate of drug-likeness (QED) is 0.324. The molecule has 4 aromatic rings. The third kappa shape index (κ3) is 5.14. The van der Waals surface area contributed by atoms with Crippen molar-refractivity contribution < 1.29 is 30.8 Å². The number of alkyl halides is 3. The molecule has 1 atom stereocenters. The number of furan rings is 1. The zero-order valence-electron chi connectivity index (χ0n) is 19.5. The Morgan fingerprint density at radius 2 is 1.81 bits per heavy atom. The average molecular weight is 530 g/mol. The summed E-state index contributed by atoms with van der Waals surface area (Å²) in [5.41, 5.74) is 1.29. The fraction of sp³-hybridized carbons (Fsp3) is 0.269. The highest BCUT2D eigenvalue weighted by Gasteiger charge is 2.40. The van der Waals surface area contributed by atoms with Crippen molar-refractivity contribution in [2.45, 2.75) is 43.0 Å². The molecule has 1 aliphatic rings. The number of nitrogens with zero attached hydrogens (tertiary/aromatic N) is 3. The van der Waals surface area contributed by atoms with E-state index in [1.165, 1.54) is 28.7 Å². The molecule has 0 N–H and O–H groups in total. The lowest BCUT2D eigenvalue weighted by molar-refractivity contribution is -0.137. The summed E-state index contributed by atoms with van der Waals surface area (Å²) in [5, 5.41) is 8.42. The Balaban J connectivity index is 1.28. The van der Waals surface area contributed by atoms with Gasteiger partial charge in [0.05, 0.1) is 23.5 Å². The molecule has 192 valence electrons. The normalized spacial score (nSPS) is 16.9. The number of benzene rings is 2. The molecule has 1 aliphatic heterocycles. The summed E-state index contributed by atoms with van der Waals surface area (Å²) in [4.78, 5) is 13.1. The van der Waals surface area contributed by atoms with Crippen LogP contribution in [0.15, 0.2) is 76.4 Å². The third-order valence-corrected chi connectivity index (χ3v) is 8.18. The number of halogens is 3. The smallest absolute Gasteiger partial charge is 0.416 e. The molecule has 3 heterocycles. The molecule has 0 aliphatic carbocycles. The van der Waals surface area contributed by atoms with Gasteiger partial charge in [-0.05, 0) is 49.1 Å². The van der Waals surface area contributed by atoms with E-state index in [1.807, 2.05) is 0 Å². The Hall–Kier alpha value is -3.57. The van der Waals surface area contributed by atoms with Crippen LogP contribution in [0.4, 0.5) is 13.2 Å². The zero-order chi connectivity index (χ0) is 26.2. The van der Waals surface area contributed by atoms with E-state index in [0.717, 1.165) is 12.1 Å². The molecule has 0 bridgehead atoms. The van der Waals surface area contributed by atoms with Crippen molar-refractivity contribution in [2.24, 2.45) is 0 Å². The summed E-state index contributed by atoms with van der Waals surface area (Å²) in [6, 6.07) is 14.0. The Bertz CT molecular complexity index is 1520. The summed E-state index contributed by atoms with van der Waals surface area (Å²) in [6.45, 7) is 0.221. The molecular formula is C26H22F3N3O4S. The SMILES string of the molecule is O=C(CCc1cc(-c2ccc(C(F)(F)F)cc2)cnn1)C1CCCN1S(=O)(=O)c1cc2ccccc2o1. The Kier molecular flexibility index (Phi) is 6.59. The molecule has 7 nitrogen and oxygen atoms in total. The van der Waals surface area contributed by atoms with Gasteiger partial charge in [0.1, 0.15) is 5.58 Å². The first kappa shape index (κ1) is 25.1. The maximum Gasteiger partial charge on any atom is 0.416 e. The van der Waals surface area contributed by atoms with Crippen molar-refractivity contribution in [3.05, 3.63) is 78.1 Å².